The summed E-state index contributed by atoms with van der Waals surface area (Å²) in [5.74, 6) is 3.90. The molecule has 5 heteroatoms. The number of nitrogens with one attached hydrogen (secondary N) is 1. The van der Waals surface area contributed by atoms with E-state index >= 15 is 0 Å². The van der Waals surface area contributed by atoms with Gasteiger partial charge in [0, 0.05) is 12.2 Å². The number of hydrogen-bond donors (Lipinski definition) is 1. The second-order valence-corrected chi connectivity index (χ2v) is 7.12. The first-order valence-electron chi connectivity index (χ1n) is 9.40. The van der Waals surface area contributed by atoms with Crippen LogP contribution in [0.2, 0.25) is 0 Å². The van der Waals surface area contributed by atoms with Gasteiger partial charge in [0.2, 0.25) is 0 Å². The van der Waals surface area contributed by atoms with Gasteiger partial charge in [-0.05, 0) is 73.5 Å². The maximum absolute atomic E-state index is 5.86. The van der Waals surface area contributed by atoms with Crippen LogP contribution in [0.25, 0.3) is 0 Å². The molecule has 0 amide bonds. The van der Waals surface area contributed by atoms with Gasteiger partial charge < -0.3 is 19.5 Å². The third kappa shape index (κ3) is 4.28. The van der Waals surface area contributed by atoms with Crippen LogP contribution in [-0.2, 0) is 0 Å². The van der Waals surface area contributed by atoms with Crippen molar-refractivity contribution in [1.29, 1.82) is 0 Å². The molecule has 4 rings (SSSR count). The average molecular weight is 354 g/mol. The van der Waals surface area contributed by atoms with Crippen LogP contribution in [0.15, 0.2) is 42.7 Å². The first-order chi connectivity index (χ1) is 12.8. The number of methoxy groups -OCH3 is 1. The summed E-state index contributed by atoms with van der Waals surface area (Å²) >= 11 is 0. The quantitative estimate of drug-likeness (QED) is 0.748. The Morgan fingerprint density at radius 3 is 2.62 bits per heavy atom. The van der Waals surface area contributed by atoms with Crippen molar-refractivity contribution in [3.8, 4) is 17.2 Å². The first-order valence-corrected chi connectivity index (χ1v) is 9.40. The van der Waals surface area contributed by atoms with Crippen molar-refractivity contribution in [3.63, 3.8) is 0 Å². The molecule has 1 saturated carbocycles. The number of pyridine rings is 1. The predicted molar refractivity (Wildman–Crippen MR) is 100 cm³/mol. The second kappa shape index (κ2) is 7.96. The van der Waals surface area contributed by atoms with Crippen molar-refractivity contribution in [1.82, 2.24) is 10.3 Å². The molecule has 0 unspecified atom stereocenters. The molecular formula is C21H26N2O3. The highest BCUT2D eigenvalue weighted by Gasteiger charge is 2.38. The molecule has 138 valence electrons. The van der Waals surface area contributed by atoms with Crippen LogP contribution in [0, 0.1) is 5.92 Å². The van der Waals surface area contributed by atoms with Gasteiger partial charge in [0.1, 0.15) is 23.9 Å². The zero-order valence-electron chi connectivity index (χ0n) is 15.2. The summed E-state index contributed by atoms with van der Waals surface area (Å²) in [6, 6.07) is 10.4. The molecule has 1 saturated heterocycles. The number of rotatable bonds is 9. The molecule has 2 fully saturated rings. The van der Waals surface area contributed by atoms with E-state index in [0.717, 1.165) is 43.4 Å². The van der Waals surface area contributed by atoms with E-state index in [2.05, 4.69) is 16.4 Å². The SMILES string of the molecule is COc1ccc(OCC[C@H]2C[C@@H]2c2cncc(OC[C@@H]3CCN3)c2)cc1. The van der Waals surface area contributed by atoms with E-state index in [1.807, 2.05) is 36.7 Å². The van der Waals surface area contributed by atoms with E-state index in [-0.39, 0.29) is 0 Å². The summed E-state index contributed by atoms with van der Waals surface area (Å²) in [6.45, 7) is 2.58. The maximum Gasteiger partial charge on any atom is 0.137 e. The number of hydrogen-bond acceptors (Lipinski definition) is 5. The maximum atomic E-state index is 5.86. The van der Waals surface area contributed by atoms with Gasteiger partial charge in [0.15, 0.2) is 0 Å². The minimum Gasteiger partial charge on any atom is -0.497 e. The lowest BCUT2D eigenvalue weighted by Crippen LogP contribution is -2.46. The smallest absolute Gasteiger partial charge is 0.137 e. The highest BCUT2D eigenvalue weighted by atomic mass is 16.5. The summed E-state index contributed by atoms with van der Waals surface area (Å²) in [7, 11) is 1.67. The molecule has 26 heavy (non-hydrogen) atoms. The Hall–Kier alpha value is -2.27. The van der Waals surface area contributed by atoms with Gasteiger partial charge in [-0.25, -0.2) is 0 Å². The molecule has 3 atom stereocenters. The predicted octanol–water partition coefficient (Wildman–Crippen LogP) is 3.40. The van der Waals surface area contributed by atoms with Gasteiger partial charge in [-0.3, -0.25) is 4.98 Å². The van der Waals surface area contributed by atoms with Crippen LogP contribution < -0.4 is 19.5 Å². The largest absolute Gasteiger partial charge is 0.497 e. The molecule has 2 heterocycles. The van der Waals surface area contributed by atoms with Gasteiger partial charge in [0.05, 0.1) is 19.9 Å². The molecule has 2 aliphatic rings. The standard InChI is InChI=1S/C21H26N2O3/c1-24-18-2-4-19(5-3-18)25-9-7-15-11-21(15)16-10-20(13-22-12-16)26-14-17-6-8-23-17/h2-5,10,12-13,15,17,21,23H,6-9,11,14H2,1H3/t15-,17-,21-/m0/s1. The number of ether oxygens (including phenoxy) is 3. The number of benzene rings is 1. The molecule has 5 nitrogen and oxygen atoms in total. The molecule has 1 aromatic carbocycles. The van der Waals surface area contributed by atoms with E-state index in [1.54, 1.807) is 7.11 Å². The zero-order chi connectivity index (χ0) is 17.8. The Bertz CT molecular complexity index is 715. The normalized spacial score (nSPS) is 23.8. The fourth-order valence-electron chi connectivity index (χ4n) is 3.38. The van der Waals surface area contributed by atoms with Crippen molar-refractivity contribution >= 4 is 0 Å². The molecular weight excluding hydrogens is 328 g/mol. The van der Waals surface area contributed by atoms with Crippen LogP contribution in [-0.4, -0.2) is 37.9 Å². The fourth-order valence-corrected chi connectivity index (χ4v) is 3.38. The van der Waals surface area contributed by atoms with E-state index < -0.39 is 0 Å². The van der Waals surface area contributed by atoms with Gasteiger partial charge in [-0.2, -0.15) is 0 Å². The van der Waals surface area contributed by atoms with Crippen molar-refractivity contribution < 1.29 is 14.2 Å². The Morgan fingerprint density at radius 2 is 1.88 bits per heavy atom. The van der Waals surface area contributed by atoms with E-state index in [4.69, 9.17) is 14.2 Å². The Balaban J connectivity index is 1.21. The minimum atomic E-state index is 0.502. The van der Waals surface area contributed by atoms with Crippen LogP contribution in [0.1, 0.15) is 30.7 Å². The Morgan fingerprint density at radius 1 is 1.08 bits per heavy atom. The highest BCUT2D eigenvalue weighted by Crippen LogP contribution is 2.49. The van der Waals surface area contributed by atoms with Gasteiger partial charge in [0.25, 0.3) is 0 Å². The highest BCUT2D eigenvalue weighted by molar-refractivity contribution is 5.32. The van der Waals surface area contributed by atoms with E-state index in [1.165, 1.54) is 18.4 Å². The monoisotopic (exact) mass is 354 g/mol. The summed E-state index contributed by atoms with van der Waals surface area (Å²) in [4.78, 5) is 4.36. The third-order valence-corrected chi connectivity index (χ3v) is 5.28. The van der Waals surface area contributed by atoms with E-state index in [0.29, 0.717) is 17.9 Å². The lowest BCUT2D eigenvalue weighted by atomic mass is 10.1. The summed E-state index contributed by atoms with van der Waals surface area (Å²) < 4.78 is 16.9. The Kier molecular flexibility index (Phi) is 5.25. The summed E-state index contributed by atoms with van der Waals surface area (Å²) in [5.41, 5.74) is 1.29. The van der Waals surface area contributed by atoms with Crippen LogP contribution in [0.5, 0.6) is 17.2 Å². The number of nitrogens with zero attached hydrogens (tertiary/aromatic N) is 1. The van der Waals surface area contributed by atoms with Crippen LogP contribution in [0.4, 0.5) is 0 Å². The zero-order valence-corrected chi connectivity index (χ0v) is 15.2. The van der Waals surface area contributed by atoms with Gasteiger partial charge in [-0.1, -0.05) is 0 Å². The lowest BCUT2D eigenvalue weighted by molar-refractivity contribution is 0.216. The topological polar surface area (TPSA) is 52.6 Å². The average Bonchev–Trinajstić information content (AvgIpc) is 3.41. The number of aromatic nitrogens is 1. The van der Waals surface area contributed by atoms with Crippen molar-refractivity contribution in [2.45, 2.75) is 31.2 Å². The molecule has 2 aromatic rings. The lowest BCUT2D eigenvalue weighted by Gasteiger charge is -2.27. The van der Waals surface area contributed by atoms with Gasteiger partial charge >= 0.3 is 0 Å². The minimum absolute atomic E-state index is 0.502. The molecule has 1 aliphatic carbocycles. The molecule has 0 bridgehead atoms. The third-order valence-electron chi connectivity index (χ3n) is 5.28. The van der Waals surface area contributed by atoms with Crippen molar-refractivity contribution in [3.05, 3.63) is 48.3 Å². The van der Waals surface area contributed by atoms with Crippen molar-refractivity contribution in [2.75, 3.05) is 26.9 Å². The van der Waals surface area contributed by atoms with Crippen LogP contribution in [0.3, 0.4) is 0 Å². The first kappa shape index (κ1) is 17.2. The second-order valence-electron chi connectivity index (χ2n) is 7.12. The molecule has 1 aromatic heterocycles. The fraction of sp³-hybridized carbons (Fsp3) is 0.476. The summed E-state index contributed by atoms with van der Waals surface area (Å²) in [6.07, 6.45) is 7.26. The molecule has 1 aliphatic heterocycles. The summed E-state index contributed by atoms with van der Waals surface area (Å²) in [5, 5.41) is 3.35. The Labute approximate surface area is 154 Å². The molecule has 0 radical (unpaired) electrons. The van der Waals surface area contributed by atoms with Crippen LogP contribution >= 0.6 is 0 Å². The van der Waals surface area contributed by atoms with Gasteiger partial charge in [-0.15, -0.1) is 0 Å². The molecule has 0 spiro atoms. The van der Waals surface area contributed by atoms with Crippen molar-refractivity contribution in [2.24, 2.45) is 5.92 Å². The van der Waals surface area contributed by atoms with E-state index in [9.17, 15) is 0 Å². The molecule has 1 N–H and O–H groups in total.